The predicted molar refractivity (Wildman–Crippen MR) is 64.3 cm³/mol. The Labute approximate surface area is 85.8 Å². The van der Waals surface area contributed by atoms with E-state index in [0.29, 0.717) is 0 Å². The van der Waals surface area contributed by atoms with Gasteiger partial charge in [0.25, 0.3) is 0 Å². The maximum absolute atomic E-state index is 3.61. The van der Waals surface area contributed by atoms with Crippen LogP contribution in [-0.4, -0.2) is 18.3 Å². The summed E-state index contributed by atoms with van der Waals surface area (Å²) < 4.78 is 0. The van der Waals surface area contributed by atoms with Crippen molar-refractivity contribution in [2.75, 3.05) is 0 Å². The van der Waals surface area contributed by atoms with Gasteiger partial charge >= 0.3 is 0 Å². The molecule has 0 saturated heterocycles. The van der Waals surface area contributed by atoms with E-state index in [0.717, 1.165) is 0 Å². The Morgan fingerprint density at radius 3 is 2.08 bits per heavy atom. The lowest BCUT2D eigenvalue weighted by atomic mass is 10.1. The number of hydrogen-bond acceptors (Lipinski definition) is 0. The summed E-state index contributed by atoms with van der Waals surface area (Å²) in [6.45, 7) is 11.6. The fraction of sp³-hybridized carbons (Fsp3) is 0.455. The lowest BCUT2D eigenvalue weighted by Crippen LogP contribution is -2.41. The molecule has 0 aromatic heterocycles. The van der Waals surface area contributed by atoms with Crippen LogP contribution in [0.4, 0.5) is 0 Å². The van der Waals surface area contributed by atoms with Gasteiger partial charge in [-0.25, -0.2) is 0 Å². The molecule has 3 radical (unpaired) electrons. The molecule has 0 spiro atoms. The first-order valence-corrected chi connectivity index (χ1v) is 8.65. The topological polar surface area (TPSA) is 0 Å². The predicted octanol–water partition coefficient (Wildman–Crippen LogP) is 1.64. The zero-order valence-corrected chi connectivity index (χ0v) is 11.2. The van der Waals surface area contributed by atoms with Crippen LogP contribution in [-0.2, 0) is 0 Å². The van der Waals surface area contributed by atoms with Crippen LogP contribution >= 0.6 is 0 Å². The van der Waals surface area contributed by atoms with Gasteiger partial charge in [-0.05, 0) is 25.0 Å². The van der Waals surface area contributed by atoms with Gasteiger partial charge < -0.3 is 0 Å². The molecule has 0 amide bonds. The molecule has 0 fully saturated rings. The summed E-state index contributed by atoms with van der Waals surface area (Å²) in [6.07, 6.45) is 0. The molecule has 0 nitrogen and oxygen atoms in total. The molecule has 1 rings (SSSR count). The van der Waals surface area contributed by atoms with Gasteiger partial charge in [0.1, 0.15) is 0 Å². The standard InChI is InChI=1S/C11H17Si2/c1-8-6-10(12)7-11(9(8)2)13(3,4)5/h6-7H,1-5H3. The molecule has 13 heavy (non-hydrogen) atoms. The highest BCUT2D eigenvalue weighted by Gasteiger charge is 2.19. The van der Waals surface area contributed by atoms with Crippen LogP contribution in [0.5, 0.6) is 0 Å². The fourth-order valence-electron chi connectivity index (χ4n) is 1.64. The summed E-state index contributed by atoms with van der Waals surface area (Å²) in [6, 6.07) is 4.47. The molecule has 0 aliphatic rings. The molecule has 0 N–H and O–H groups in total. The lowest BCUT2D eigenvalue weighted by Gasteiger charge is -2.21. The molecule has 1 aromatic carbocycles. The molecule has 0 bridgehead atoms. The van der Waals surface area contributed by atoms with E-state index in [1.54, 1.807) is 5.19 Å². The van der Waals surface area contributed by atoms with Gasteiger partial charge in [-0.15, -0.1) is 0 Å². The van der Waals surface area contributed by atoms with Crippen LogP contribution in [0.1, 0.15) is 11.1 Å². The summed E-state index contributed by atoms with van der Waals surface area (Å²) in [5, 5.41) is 2.78. The summed E-state index contributed by atoms with van der Waals surface area (Å²) in [7, 11) is 2.44. The van der Waals surface area contributed by atoms with Crippen molar-refractivity contribution in [3.63, 3.8) is 0 Å². The molecule has 0 atom stereocenters. The first-order valence-electron chi connectivity index (χ1n) is 4.65. The Hall–Kier alpha value is -0.346. The van der Waals surface area contributed by atoms with E-state index < -0.39 is 8.07 Å². The molecule has 0 aliphatic heterocycles. The number of benzene rings is 1. The monoisotopic (exact) mass is 205 g/mol. The quantitative estimate of drug-likeness (QED) is 0.612. The second-order valence-corrected chi connectivity index (χ2v) is 10.3. The molecule has 0 saturated carbocycles. The molecule has 0 heterocycles. The average molecular weight is 205 g/mol. The van der Waals surface area contributed by atoms with Crippen molar-refractivity contribution in [2.24, 2.45) is 0 Å². The van der Waals surface area contributed by atoms with Crippen molar-refractivity contribution in [3.05, 3.63) is 23.3 Å². The Morgan fingerprint density at radius 2 is 1.62 bits per heavy atom. The molecule has 0 unspecified atom stereocenters. The van der Waals surface area contributed by atoms with E-state index in [4.69, 9.17) is 0 Å². The van der Waals surface area contributed by atoms with Crippen molar-refractivity contribution in [3.8, 4) is 0 Å². The van der Waals surface area contributed by atoms with Crippen LogP contribution in [0.25, 0.3) is 0 Å². The third kappa shape index (κ3) is 2.32. The van der Waals surface area contributed by atoms with E-state index in [1.807, 2.05) is 0 Å². The van der Waals surface area contributed by atoms with E-state index in [1.165, 1.54) is 16.3 Å². The average Bonchev–Trinajstić information content (AvgIpc) is 1.94. The number of hydrogen-bond donors (Lipinski definition) is 0. The smallest absolute Gasteiger partial charge is 0.0672 e. The van der Waals surface area contributed by atoms with Gasteiger partial charge in [0.2, 0.25) is 0 Å². The molecular weight excluding hydrogens is 188 g/mol. The van der Waals surface area contributed by atoms with E-state index in [-0.39, 0.29) is 0 Å². The largest absolute Gasteiger partial charge is 0.0779 e. The molecule has 2 heteroatoms. The number of aryl methyl sites for hydroxylation is 1. The lowest BCUT2D eigenvalue weighted by molar-refractivity contribution is 1.37. The Balaban J connectivity index is 3.37. The summed E-state index contributed by atoms with van der Waals surface area (Å²) >= 11 is 0. The molecule has 1 aromatic rings. The second kappa shape index (κ2) is 3.42. The minimum atomic E-state index is -1.17. The summed E-state index contributed by atoms with van der Waals surface area (Å²) in [5.41, 5.74) is 2.87. The molecule has 0 aliphatic carbocycles. The molecule has 69 valence electrons. The van der Waals surface area contributed by atoms with Crippen LogP contribution in [0.2, 0.25) is 19.6 Å². The van der Waals surface area contributed by atoms with E-state index in [2.05, 4.69) is 55.9 Å². The van der Waals surface area contributed by atoms with Crippen molar-refractivity contribution >= 4 is 28.7 Å². The number of rotatable bonds is 1. The highest BCUT2D eigenvalue weighted by molar-refractivity contribution is 6.89. The van der Waals surface area contributed by atoms with Gasteiger partial charge in [0.15, 0.2) is 0 Å². The van der Waals surface area contributed by atoms with Gasteiger partial charge in [-0.2, -0.15) is 0 Å². The highest BCUT2D eigenvalue weighted by Crippen LogP contribution is 2.08. The Morgan fingerprint density at radius 1 is 1.08 bits per heavy atom. The minimum absolute atomic E-state index is 1.17. The van der Waals surface area contributed by atoms with Crippen molar-refractivity contribution in [1.82, 2.24) is 0 Å². The first-order chi connectivity index (χ1) is 5.82. The zero-order chi connectivity index (χ0) is 10.2. The SMILES string of the molecule is Cc1cc([Si])cc([Si](C)(C)C)c1C. The highest BCUT2D eigenvalue weighted by atomic mass is 28.3. The maximum atomic E-state index is 3.61. The third-order valence-corrected chi connectivity index (χ3v) is 4.90. The summed E-state index contributed by atoms with van der Waals surface area (Å²) in [4.78, 5) is 0. The fourth-order valence-corrected chi connectivity index (χ4v) is 4.05. The zero-order valence-electron chi connectivity index (χ0n) is 9.15. The first kappa shape index (κ1) is 10.7. The van der Waals surface area contributed by atoms with Crippen LogP contribution in [0, 0.1) is 13.8 Å². The Bertz CT molecular complexity index is 322. The van der Waals surface area contributed by atoms with Crippen molar-refractivity contribution in [1.29, 1.82) is 0 Å². The third-order valence-electron chi connectivity index (χ3n) is 2.48. The molecular formula is C11H17Si2. The van der Waals surface area contributed by atoms with Crippen LogP contribution in [0.3, 0.4) is 0 Å². The minimum Gasteiger partial charge on any atom is -0.0672 e. The van der Waals surface area contributed by atoms with E-state index in [9.17, 15) is 0 Å². The van der Waals surface area contributed by atoms with Crippen molar-refractivity contribution < 1.29 is 0 Å². The second-order valence-electron chi connectivity index (χ2n) is 4.72. The van der Waals surface area contributed by atoms with E-state index >= 15 is 0 Å². The summed E-state index contributed by atoms with van der Waals surface area (Å²) in [5.74, 6) is 0. The van der Waals surface area contributed by atoms with Crippen LogP contribution < -0.4 is 10.4 Å². The van der Waals surface area contributed by atoms with Gasteiger partial charge in [-0.3, -0.25) is 0 Å². The van der Waals surface area contributed by atoms with Gasteiger partial charge in [0.05, 0.1) is 18.3 Å². The Kier molecular flexibility index (Phi) is 2.83. The van der Waals surface area contributed by atoms with Crippen LogP contribution in [0.15, 0.2) is 12.1 Å². The van der Waals surface area contributed by atoms with Gasteiger partial charge in [-0.1, -0.05) is 42.1 Å². The normalized spacial score (nSPS) is 11.8. The van der Waals surface area contributed by atoms with Crippen molar-refractivity contribution in [2.45, 2.75) is 33.5 Å². The van der Waals surface area contributed by atoms with Gasteiger partial charge in [0, 0.05) is 0 Å². The maximum Gasteiger partial charge on any atom is 0.0779 e.